The molecule has 2 heterocycles. The second-order valence-corrected chi connectivity index (χ2v) is 5.83. The Morgan fingerprint density at radius 3 is 2.29 bits per heavy atom. The van der Waals surface area contributed by atoms with Gasteiger partial charge in [0.15, 0.2) is 0 Å². The van der Waals surface area contributed by atoms with Gasteiger partial charge in [0.2, 0.25) is 0 Å². The molecule has 0 saturated carbocycles. The molecule has 0 atom stereocenters. The van der Waals surface area contributed by atoms with Gasteiger partial charge in [-0.25, -0.2) is 0 Å². The molecule has 0 N–H and O–H groups in total. The molecule has 0 spiro atoms. The number of piperidine rings is 2. The molecule has 0 amide bonds. The summed E-state index contributed by atoms with van der Waals surface area (Å²) in [7, 11) is 0. The number of hydrogen-bond acceptors (Lipinski definition) is 3. The van der Waals surface area contributed by atoms with Crippen molar-refractivity contribution in [2.24, 2.45) is 0 Å². The van der Waals surface area contributed by atoms with Crippen molar-refractivity contribution >= 4 is 12.6 Å². The smallest absolute Gasteiger partial charge is 0.0198 e. The number of hydrogen-bond donors (Lipinski definition) is 1. The van der Waals surface area contributed by atoms with Crippen molar-refractivity contribution in [3.63, 3.8) is 0 Å². The van der Waals surface area contributed by atoms with Crippen LogP contribution in [0.2, 0.25) is 0 Å². The Morgan fingerprint density at radius 2 is 1.71 bits per heavy atom. The fraction of sp³-hybridized carbons (Fsp3) is 0.857. The number of nitrogens with zero attached hydrogens (tertiary/aromatic N) is 2. The summed E-state index contributed by atoms with van der Waals surface area (Å²) in [5, 5.41) is 0. The molecule has 17 heavy (non-hydrogen) atoms. The van der Waals surface area contributed by atoms with Crippen molar-refractivity contribution in [3.05, 3.63) is 12.2 Å². The monoisotopic (exact) mass is 254 g/mol. The maximum Gasteiger partial charge on any atom is 0.0198 e. The molecule has 3 heteroatoms. The third-order valence-electron chi connectivity index (χ3n) is 4.13. The van der Waals surface area contributed by atoms with Crippen LogP contribution in [0.25, 0.3) is 0 Å². The maximum absolute atomic E-state index is 4.28. The molecule has 2 aliphatic heterocycles. The lowest BCUT2D eigenvalue weighted by molar-refractivity contribution is 0.0965. The highest BCUT2D eigenvalue weighted by Gasteiger charge is 2.25. The third kappa shape index (κ3) is 4.01. The summed E-state index contributed by atoms with van der Waals surface area (Å²) in [5.74, 6) is 0.825. The zero-order valence-electron chi connectivity index (χ0n) is 10.9. The Kier molecular flexibility index (Phi) is 5.39. The van der Waals surface area contributed by atoms with Crippen LogP contribution in [0, 0.1) is 0 Å². The van der Waals surface area contributed by atoms with E-state index in [-0.39, 0.29) is 0 Å². The minimum Gasteiger partial charge on any atom is -0.300 e. The Hall–Kier alpha value is 0.01000. The molecular weight excluding hydrogens is 228 g/mol. The van der Waals surface area contributed by atoms with Crippen molar-refractivity contribution in [1.29, 1.82) is 0 Å². The number of rotatable bonds is 4. The van der Waals surface area contributed by atoms with Crippen molar-refractivity contribution in [1.82, 2.24) is 9.80 Å². The predicted octanol–water partition coefficient (Wildman–Crippen LogP) is 2.42. The molecule has 0 aliphatic carbocycles. The van der Waals surface area contributed by atoms with Gasteiger partial charge in [-0.2, -0.15) is 12.6 Å². The van der Waals surface area contributed by atoms with Gasteiger partial charge in [0.25, 0.3) is 0 Å². The Labute approximate surface area is 111 Å². The van der Waals surface area contributed by atoms with E-state index in [0.29, 0.717) is 0 Å². The van der Waals surface area contributed by atoms with Crippen molar-refractivity contribution in [2.75, 3.05) is 38.5 Å². The SMILES string of the molecule is C=C(CS)CN1CCC(N2CCCCC2)CC1. The Morgan fingerprint density at radius 1 is 1.06 bits per heavy atom. The van der Waals surface area contributed by atoms with Gasteiger partial charge in [-0.05, 0) is 51.9 Å². The standard InChI is InChI=1S/C14H26N2S/c1-13(12-17)11-15-9-5-14(6-10-15)16-7-3-2-4-8-16/h14,17H,1-12H2. The van der Waals surface area contributed by atoms with Crippen LogP contribution < -0.4 is 0 Å². The molecule has 98 valence electrons. The van der Waals surface area contributed by atoms with E-state index in [1.165, 1.54) is 63.9 Å². The van der Waals surface area contributed by atoms with E-state index in [9.17, 15) is 0 Å². The van der Waals surface area contributed by atoms with E-state index in [1.807, 2.05) is 0 Å². The van der Waals surface area contributed by atoms with Crippen LogP contribution in [-0.4, -0.2) is 54.3 Å². The van der Waals surface area contributed by atoms with Crippen LogP contribution in [0.3, 0.4) is 0 Å². The average Bonchev–Trinajstić information content (AvgIpc) is 2.40. The van der Waals surface area contributed by atoms with Gasteiger partial charge in [-0.15, -0.1) is 0 Å². The van der Waals surface area contributed by atoms with Crippen LogP contribution in [0.4, 0.5) is 0 Å². The molecule has 2 saturated heterocycles. The highest BCUT2D eigenvalue weighted by atomic mass is 32.1. The second kappa shape index (κ2) is 6.81. The highest BCUT2D eigenvalue weighted by molar-refractivity contribution is 7.80. The summed E-state index contributed by atoms with van der Waals surface area (Å²) < 4.78 is 0. The van der Waals surface area contributed by atoms with Crippen LogP contribution in [0.5, 0.6) is 0 Å². The zero-order chi connectivity index (χ0) is 12.1. The molecule has 2 nitrogen and oxygen atoms in total. The van der Waals surface area contributed by atoms with Gasteiger partial charge in [0.05, 0.1) is 0 Å². The Balaban J connectivity index is 1.71. The van der Waals surface area contributed by atoms with Crippen LogP contribution in [-0.2, 0) is 0 Å². The molecule has 2 fully saturated rings. The quantitative estimate of drug-likeness (QED) is 0.608. The van der Waals surface area contributed by atoms with Gasteiger partial charge in [-0.3, -0.25) is 4.90 Å². The Bertz CT molecular complexity index is 241. The third-order valence-corrected chi connectivity index (χ3v) is 4.58. The van der Waals surface area contributed by atoms with E-state index in [1.54, 1.807) is 0 Å². The maximum atomic E-state index is 4.28. The summed E-state index contributed by atoms with van der Waals surface area (Å²) >= 11 is 4.28. The lowest BCUT2D eigenvalue weighted by Crippen LogP contribution is -2.47. The first kappa shape index (κ1) is 13.4. The first-order valence-corrected chi connectivity index (χ1v) is 7.67. The second-order valence-electron chi connectivity index (χ2n) is 5.51. The van der Waals surface area contributed by atoms with E-state index >= 15 is 0 Å². The molecule has 0 bridgehead atoms. The lowest BCUT2D eigenvalue weighted by atomic mass is 9.99. The fourth-order valence-corrected chi connectivity index (χ4v) is 3.19. The summed E-state index contributed by atoms with van der Waals surface area (Å²) in [6.45, 7) is 10.3. The molecule has 0 aromatic heterocycles. The molecule has 2 aliphatic rings. The predicted molar refractivity (Wildman–Crippen MR) is 77.9 cm³/mol. The summed E-state index contributed by atoms with van der Waals surface area (Å²) in [6.07, 6.45) is 6.96. The minimum absolute atomic E-state index is 0.825. The first-order chi connectivity index (χ1) is 8.29. The van der Waals surface area contributed by atoms with Crippen LogP contribution >= 0.6 is 12.6 Å². The average molecular weight is 254 g/mol. The van der Waals surface area contributed by atoms with E-state index in [2.05, 4.69) is 29.0 Å². The van der Waals surface area contributed by atoms with Crippen molar-refractivity contribution in [3.8, 4) is 0 Å². The van der Waals surface area contributed by atoms with Gasteiger partial charge in [-0.1, -0.05) is 18.6 Å². The molecular formula is C14H26N2S. The number of likely N-dealkylation sites (tertiary alicyclic amines) is 2. The zero-order valence-corrected chi connectivity index (χ0v) is 11.8. The molecule has 0 radical (unpaired) electrons. The fourth-order valence-electron chi connectivity index (χ4n) is 3.09. The molecule has 0 unspecified atom stereocenters. The van der Waals surface area contributed by atoms with Gasteiger partial charge >= 0.3 is 0 Å². The van der Waals surface area contributed by atoms with Gasteiger partial charge in [0.1, 0.15) is 0 Å². The largest absolute Gasteiger partial charge is 0.300 e. The summed E-state index contributed by atoms with van der Waals surface area (Å²) in [5.41, 5.74) is 1.25. The first-order valence-electron chi connectivity index (χ1n) is 7.03. The van der Waals surface area contributed by atoms with Gasteiger partial charge < -0.3 is 4.90 Å². The molecule has 2 rings (SSSR count). The van der Waals surface area contributed by atoms with Crippen LogP contribution in [0.1, 0.15) is 32.1 Å². The van der Waals surface area contributed by atoms with Crippen LogP contribution in [0.15, 0.2) is 12.2 Å². The van der Waals surface area contributed by atoms with E-state index in [4.69, 9.17) is 0 Å². The minimum atomic E-state index is 0.825. The van der Waals surface area contributed by atoms with Crippen molar-refractivity contribution < 1.29 is 0 Å². The van der Waals surface area contributed by atoms with E-state index < -0.39 is 0 Å². The number of thiol groups is 1. The molecule has 0 aromatic carbocycles. The highest BCUT2D eigenvalue weighted by Crippen LogP contribution is 2.21. The normalized spacial score (nSPS) is 25.0. The van der Waals surface area contributed by atoms with Gasteiger partial charge in [0, 0.05) is 18.3 Å². The lowest BCUT2D eigenvalue weighted by Gasteiger charge is -2.40. The summed E-state index contributed by atoms with van der Waals surface area (Å²) in [6, 6.07) is 0.857. The topological polar surface area (TPSA) is 6.48 Å². The molecule has 0 aromatic rings. The van der Waals surface area contributed by atoms with E-state index in [0.717, 1.165) is 18.3 Å². The van der Waals surface area contributed by atoms with Crippen molar-refractivity contribution in [2.45, 2.75) is 38.1 Å². The summed E-state index contributed by atoms with van der Waals surface area (Å²) in [4.78, 5) is 5.27.